The van der Waals surface area contributed by atoms with Crippen molar-refractivity contribution in [1.82, 2.24) is 14.7 Å². The first-order chi connectivity index (χ1) is 12.8. The summed E-state index contributed by atoms with van der Waals surface area (Å²) in [5.74, 6) is 0. The Morgan fingerprint density at radius 3 is 2.88 bits per heavy atom. The topological polar surface area (TPSA) is 39.9 Å². The Labute approximate surface area is 156 Å². The predicted octanol–water partition coefficient (Wildman–Crippen LogP) is 3.62. The fraction of sp³-hybridized carbons (Fsp3) is 0.350. The van der Waals surface area contributed by atoms with Crippen LogP contribution in [0.5, 0.6) is 0 Å². The van der Waals surface area contributed by atoms with Crippen molar-refractivity contribution in [1.29, 1.82) is 0 Å². The van der Waals surface area contributed by atoms with Crippen LogP contribution in [0.1, 0.15) is 10.4 Å². The number of furan rings is 1. The maximum Gasteiger partial charge on any atom is 0.320 e. The van der Waals surface area contributed by atoms with Crippen LogP contribution in [0.3, 0.4) is 0 Å². The van der Waals surface area contributed by atoms with Gasteiger partial charge in [-0.1, -0.05) is 18.2 Å². The lowest BCUT2D eigenvalue weighted by Crippen LogP contribution is -2.51. The third-order valence-electron chi connectivity index (χ3n) is 5.32. The van der Waals surface area contributed by atoms with Gasteiger partial charge in [-0.2, -0.15) is 0 Å². The van der Waals surface area contributed by atoms with E-state index in [0.29, 0.717) is 6.54 Å². The van der Waals surface area contributed by atoms with Crippen LogP contribution in [0, 0.1) is 0 Å². The van der Waals surface area contributed by atoms with Gasteiger partial charge in [0.25, 0.3) is 0 Å². The molecule has 6 heteroatoms. The Morgan fingerprint density at radius 1 is 1.12 bits per heavy atom. The Morgan fingerprint density at radius 2 is 2.04 bits per heavy atom. The van der Waals surface area contributed by atoms with Gasteiger partial charge in [0.15, 0.2) is 0 Å². The van der Waals surface area contributed by atoms with Gasteiger partial charge in [0.2, 0.25) is 0 Å². The maximum atomic E-state index is 12.8. The highest BCUT2D eigenvalue weighted by molar-refractivity contribution is 7.19. The van der Waals surface area contributed by atoms with E-state index in [1.165, 1.54) is 20.5 Å². The van der Waals surface area contributed by atoms with E-state index in [-0.39, 0.29) is 12.1 Å². The molecule has 2 aliphatic heterocycles. The lowest BCUT2D eigenvalue weighted by Gasteiger charge is -2.36. The molecule has 0 N–H and O–H groups in total. The van der Waals surface area contributed by atoms with Crippen LogP contribution in [0.25, 0.3) is 10.1 Å². The molecule has 0 radical (unpaired) electrons. The summed E-state index contributed by atoms with van der Waals surface area (Å²) in [7, 11) is 0. The van der Waals surface area contributed by atoms with E-state index < -0.39 is 0 Å². The van der Waals surface area contributed by atoms with E-state index in [2.05, 4.69) is 40.1 Å². The Kier molecular flexibility index (Phi) is 3.94. The van der Waals surface area contributed by atoms with Crippen LogP contribution in [-0.4, -0.2) is 53.0 Å². The molecule has 1 atom stereocenters. The first kappa shape index (κ1) is 15.9. The first-order valence-electron chi connectivity index (χ1n) is 9.03. The molecule has 2 fully saturated rings. The molecule has 26 heavy (non-hydrogen) atoms. The lowest BCUT2D eigenvalue weighted by atomic mass is 10.2. The number of carbonyl (C=O) groups excluding carboxylic acids is 1. The number of urea groups is 1. The van der Waals surface area contributed by atoms with Crippen molar-refractivity contribution in [2.24, 2.45) is 0 Å². The number of fused-ring (bicyclic) bond motifs is 2. The van der Waals surface area contributed by atoms with Gasteiger partial charge in [-0.05, 0) is 23.6 Å². The van der Waals surface area contributed by atoms with Crippen molar-refractivity contribution in [3.63, 3.8) is 0 Å². The van der Waals surface area contributed by atoms with Crippen molar-refractivity contribution < 1.29 is 9.21 Å². The SMILES string of the molecule is O=C1N(Cc2cc3ccccc3s2)CC2CN(Cc3ccoc3)CCN12. The van der Waals surface area contributed by atoms with E-state index in [9.17, 15) is 4.79 Å². The highest BCUT2D eigenvalue weighted by atomic mass is 32.1. The lowest BCUT2D eigenvalue weighted by molar-refractivity contribution is 0.116. The van der Waals surface area contributed by atoms with Crippen LogP contribution in [0.15, 0.2) is 53.3 Å². The van der Waals surface area contributed by atoms with E-state index in [4.69, 9.17) is 4.42 Å². The van der Waals surface area contributed by atoms with Gasteiger partial charge in [0.1, 0.15) is 0 Å². The van der Waals surface area contributed by atoms with Crippen LogP contribution in [0.2, 0.25) is 0 Å². The molecule has 1 unspecified atom stereocenters. The number of carbonyl (C=O) groups is 1. The minimum absolute atomic E-state index is 0.190. The average molecular weight is 367 g/mol. The summed E-state index contributed by atoms with van der Waals surface area (Å²) >= 11 is 1.79. The Hall–Kier alpha value is -2.31. The van der Waals surface area contributed by atoms with Gasteiger partial charge < -0.3 is 14.2 Å². The largest absolute Gasteiger partial charge is 0.472 e. The average Bonchev–Trinajstić information content (AvgIpc) is 3.35. The molecule has 2 aliphatic rings. The number of amides is 2. The maximum absolute atomic E-state index is 12.8. The smallest absolute Gasteiger partial charge is 0.320 e. The molecule has 0 aliphatic carbocycles. The second-order valence-electron chi connectivity index (χ2n) is 7.13. The summed E-state index contributed by atoms with van der Waals surface area (Å²) < 4.78 is 6.46. The monoisotopic (exact) mass is 367 g/mol. The van der Waals surface area contributed by atoms with Crippen LogP contribution in [-0.2, 0) is 13.1 Å². The molecule has 2 saturated heterocycles. The molecule has 0 saturated carbocycles. The molecule has 3 aromatic rings. The molecule has 2 amide bonds. The summed E-state index contributed by atoms with van der Waals surface area (Å²) in [6.45, 7) is 5.08. The van der Waals surface area contributed by atoms with E-state index in [1.807, 2.05) is 11.0 Å². The number of thiophene rings is 1. The van der Waals surface area contributed by atoms with Crippen molar-refractivity contribution in [2.75, 3.05) is 26.2 Å². The van der Waals surface area contributed by atoms with Crippen molar-refractivity contribution in [3.8, 4) is 0 Å². The molecule has 5 rings (SSSR count). The summed E-state index contributed by atoms with van der Waals surface area (Å²) in [5, 5.41) is 1.27. The minimum Gasteiger partial charge on any atom is -0.472 e. The molecule has 1 aromatic carbocycles. The summed E-state index contributed by atoms with van der Waals surface area (Å²) in [5.41, 5.74) is 1.20. The third kappa shape index (κ3) is 2.89. The molecule has 4 heterocycles. The number of piperazine rings is 1. The van der Waals surface area contributed by atoms with Gasteiger partial charge >= 0.3 is 6.03 Å². The van der Waals surface area contributed by atoms with Gasteiger partial charge in [0, 0.05) is 47.9 Å². The normalized spacial score (nSPS) is 20.9. The van der Waals surface area contributed by atoms with Crippen molar-refractivity contribution in [2.45, 2.75) is 19.1 Å². The highest BCUT2D eigenvalue weighted by Crippen LogP contribution is 2.29. The molecule has 0 spiro atoms. The van der Waals surface area contributed by atoms with E-state index in [1.54, 1.807) is 23.9 Å². The fourth-order valence-electron chi connectivity index (χ4n) is 4.06. The second-order valence-corrected chi connectivity index (χ2v) is 8.30. The number of nitrogens with zero attached hydrogens (tertiary/aromatic N) is 3. The van der Waals surface area contributed by atoms with Crippen molar-refractivity contribution >= 4 is 27.5 Å². The Balaban J connectivity index is 1.27. The number of hydrogen-bond donors (Lipinski definition) is 0. The predicted molar refractivity (Wildman–Crippen MR) is 102 cm³/mol. The summed E-state index contributed by atoms with van der Waals surface area (Å²) in [6, 6.07) is 13.1. The number of hydrogen-bond acceptors (Lipinski definition) is 4. The second kappa shape index (κ2) is 6.45. The molecular weight excluding hydrogens is 346 g/mol. The molecule has 5 nitrogen and oxygen atoms in total. The minimum atomic E-state index is 0.190. The molecule has 134 valence electrons. The van der Waals surface area contributed by atoms with Crippen LogP contribution >= 0.6 is 11.3 Å². The van der Waals surface area contributed by atoms with E-state index in [0.717, 1.165) is 32.7 Å². The zero-order valence-corrected chi connectivity index (χ0v) is 15.3. The summed E-state index contributed by atoms with van der Waals surface area (Å²) in [4.78, 5) is 20.5. The van der Waals surface area contributed by atoms with Crippen molar-refractivity contribution in [3.05, 3.63) is 59.4 Å². The zero-order valence-electron chi connectivity index (χ0n) is 14.5. The zero-order chi connectivity index (χ0) is 17.5. The highest BCUT2D eigenvalue weighted by Gasteiger charge is 2.40. The standard InChI is InChI=1S/C20H21N3O2S/c24-20-22(13-18-9-16-3-1-2-4-19(16)26-18)12-17-11-21(6-7-23(17)20)10-15-5-8-25-14-15/h1-5,8-9,14,17H,6-7,10-13H2. The molecule has 2 aromatic heterocycles. The van der Waals surface area contributed by atoms with E-state index >= 15 is 0 Å². The van der Waals surface area contributed by atoms with Gasteiger partial charge in [-0.15, -0.1) is 11.3 Å². The molecule has 0 bridgehead atoms. The number of rotatable bonds is 4. The van der Waals surface area contributed by atoms with Crippen LogP contribution < -0.4 is 0 Å². The quantitative estimate of drug-likeness (QED) is 0.707. The fourth-order valence-corrected chi connectivity index (χ4v) is 5.14. The van der Waals surface area contributed by atoms with Gasteiger partial charge in [-0.25, -0.2) is 4.79 Å². The first-order valence-corrected chi connectivity index (χ1v) is 9.84. The Bertz CT molecular complexity index is 887. The van der Waals surface area contributed by atoms with Gasteiger partial charge in [-0.3, -0.25) is 4.90 Å². The summed E-state index contributed by atoms with van der Waals surface area (Å²) in [6.07, 6.45) is 3.53. The van der Waals surface area contributed by atoms with Crippen LogP contribution in [0.4, 0.5) is 4.79 Å². The number of benzene rings is 1. The van der Waals surface area contributed by atoms with Gasteiger partial charge in [0.05, 0.1) is 25.1 Å². The third-order valence-corrected chi connectivity index (χ3v) is 6.42. The molecular formula is C20H21N3O2S.